The SMILES string of the molecule is O=C(Nc1ccc(-c2nc3c([nH]2)C2CC2C(NC(=O)C2C(Cl)=CC=CC2Cl)=C3)cc1)C1CCCCCC1. The van der Waals surface area contributed by atoms with Gasteiger partial charge in [0.05, 0.1) is 17.0 Å². The molecule has 0 bridgehead atoms. The van der Waals surface area contributed by atoms with Crippen LogP contribution in [-0.2, 0) is 9.59 Å². The zero-order valence-corrected chi connectivity index (χ0v) is 22.0. The van der Waals surface area contributed by atoms with Crippen molar-refractivity contribution in [1.29, 1.82) is 0 Å². The van der Waals surface area contributed by atoms with E-state index in [-0.39, 0.29) is 23.7 Å². The first-order chi connectivity index (χ1) is 18.0. The van der Waals surface area contributed by atoms with Crippen molar-refractivity contribution in [3.8, 4) is 11.4 Å². The lowest BCUT2D eigenvalue weighted by Crippen LogP contribution is -2.36. The number of alkyl halides is 1. The summed E-state index contributed by atoms with van der Waals surface area (Å²) in [4.78, 5) is 34.0. The first-order valence-electron chi connectivity index (χ1n) is 13.2. The van der Waals surface area contributed by atoms with Gasteiger partial charge < -0.3 is 15.6 Å². The maximum atomic E-state index is 13.0. The Bertz CT molecular complexity index is 1300. The number of carbonyl (C=O) groups excluding carboxylic acids is 2. The fourth-order valence-electron chi connectivity index (χ4n) is 5.78. The lowest BCUT2D eigenvalue weighted by molar-refractivity contribution is -0.123. The predicted octanol–water partition coefficient (Wildman–Crippen LogP) is 6.48. The van der Waals surface area contributed by atoms with Crippen LogP contribution < -0.4 is 10.6 Å². The van der Waals surface area contributed by atoms with E-state index in [0.717, 1.165) is 66.3 Å². The highest BCUT2D eigenvalue weighted by Crippen LogP contribution is 2.55. The second-order valence-corrected chi connectivity index (χ2v) is 11.5. The van der Waals surface area contributed by atoms with Crippen molar-refractivity contribution in [2.24, 2.45) is 17.8 Å². The molecule has 2 fully saturated rings. The van der Waals surface area contributed by atoms with Crippen LogP contribution in [0.4, 0.5) is 5.69 Å². The number of carbonyl (C=O) groups is 2. The number of anilines is 1. The molecular weight excluding hydrogens is 507 g/mol. The van der Waals surface area contributed by atoms with Crippen molar-refractivity contribution in [2.75, 3.05) is 5.32 Å². The molecule has 0 radical (unpaired) electrons. The highest BCUT2D eigenvalue weighted by molar-refractivity contribution is 6.34. The number of aromatic nitrogens is 2. The van der Waals surface area contributed by atoms with Crippen molar-refractivity contribution in [3.63, 3.8) is 0 Å². The number of rotatable bonds is 5. The number of benzene rings is 1. The number of imidazole rings is 1. The van der Waals surface area contributed by atoms with Gasteiger partial charge in [0.15, 0.2) is 0 Å². The van der Waals surface area contributed by atoms with E-state index >= 15 is 0 Å². The van der Waals surface area contributed by atoms with E-state index in [4.69, 9.17) is 28.2 Å². The molecular formula is C29H30Cl2N4O2. The van der Waals surface area contributed by atoms with Crippen molar-refractivity contribution in [1.82, 2.24) is 15.3 Å². The Morgan fingerprint density at radius 2 is 1.73 bits per heavy atom. The molecule has 4 unspecified atom stereocenters. The second-order valence-electron chi connectivity index (χ2n) is 10.5. The summed E-state index contributed by atoms with van der Waals surface area (Å²) in [6.45, 7) is 0. The van der Waals surface area contributed by atoms with Crippen LogP contribution >= 0.6 is 23.2 Å². The Morgan fingerprint density at radius 3 is 2.46 bits per heavy atom. The van der Waals surface area contributed by atoms with Gasteiger partial charge in [-0.3, -0.25) is 9.59 Å². The molecule has 4 atom stereocenters. The van der Waals surface area contributed by atoms with Crippen molar-refractivity contribution >= 4 is 46.8 Å². The van der Waals surface area contributed by atoms with Crippen LogP contribution in [0.25, 0.3) is 17.5 Å². The van der Waals surface area contributed by atoms with E-state index < -0.39 is 11.3 Å². The largest absolute Gasteiger partial charge is 0.341 e. The number of allylic oxidation sites excluding steroid dienone is 4. The molecule has 1 heterocycles. The molecule has 4 aliphatic rings. The Hall–Kier alpha value is -2.83. The normalized spacial score (nSPS) is 26.8. The van der Waals surface area contributed by atoms with Gasteiger partial charge in [-0.2, -0.15) is 0 Å². The van der Waals surface area contributed by atoms with E-state index in [1.165, 1.54) is 12.8 Å². The number of nitrogens with one attached hydrogen (secondary N) is 3. The standard InChI is InChI=1S/C29H30Cl2N4O2/c30-21-8-5-9-22(31)25(21)29(37)34-23-15-24-26(20-14-19(20)23)35-27(33-24)16-10-12-18(13-11-16)32-28(36)17-6-3-1-2-4-7-17/h5,8-13,15,17,19-21,25H,1-4,6-7,14H2,(H,32,36)(H,33,35)(H,34,37). The van der Waals surface area contributed by atoms with Crippen LogP contribution in [0, 0.1) is 17.8 Å². The molecule has 1 aromatic heterocycles. The number of H-pyrrole nitrogens is 1. The van der Waals surface area contributed by atoms with Crippen LogP contribution in [0.2, 0.25) is 0 Å². The van der Waals surface area contributed by atoms with Crippen LogP contribution in [-0.4, -0.2) is 27.2 Å². The lowest BCUT2D eigenvalue weighted by atomic mass is 9.98. The summed E-state index contributed by atoms with van der Waals surface area (Å²) in [7, 11) is 0. The number of halogens is 2. The monoisotopic (exact) mass is 536 g/mol. The van der Waals surface area contributed by atoms with Gasteiger partial charge in [0.1, 0.15) is 5.82 Å². The summed E-state index contributed by atoms with van der Waals surface area (Å²) in [6.07, 6.45) is 14.9. The highest BCUT2D eigenvalue weighted by atomic mass is 35.5. The van der Waals surface area contributed by atoms with E-state index in [1.54, 1.807) is 18.2 Å². The lowest BCUT2D eigenvalue weighted by Gasteiger charge is -2.23. The molecule has 37 heavy (non-hydrogen) atoms. The van der Waals surface area contributed by atoms with Crippen LogP contribution in [0.15, 0.2) is 53.2 Å². The Morgan fingerprint density at radius 1 is 0.973 bits per heavy atom. The summed E-state index contributed by atoms with van der Waals surface area (Å²) < 4.78 is 0. The van der Waals surface area contributed by atoms with Gasteiger partial charge in [-0.25, -0.2) is 4.98 Å². The molecule has 2 aromatic rings. The number of hydrogen-bond acceptors (Lipinski definition) is 3. The van der Waals surface area contributed by atoms with Gasteiger partial charge in [0, 0.05) is 45.4 Å². The Labute approximate surface area is 226 Å². The average molecular weight is 537 g/mol. The minimum atomic E-state index is -0.593. The van der Waals surface area contributed by atoms with Gasteiger partial charge in [0.25, 0.3) is 0 Å². The molecule has 0 saturated heterocycles. The van der Waals surface area contributed by atoms with E-state index in [1.807, 2.05) is 30.3 Å². The summed E-state index contributed by atoms with van der Waals surface area (Å²) in [5.41, 5.74) is 4.60. The molecule has 4 aliphatic carbocycles. The van der Waals surface area contributed by atoms with Gasteiger partial charge in [-0.15, -0.1) is 11.6 Å². The van der Waals surface area contributed by atoms with Gasteiger partial charge in [0.2, 0.25) is 11.8 Å². The first-order valence-corrected chi connectivity index (χ1v) is 14.0. The molecule has 0 aliphatic heterocycles. The number of amides is 2. The molecule has 8 heteroatoms. The third-order valence-electron chi connectivity index (χ3n) is 7.98. The third kappa shape index (κ3) is 5.01. The topological polar surface area (TPSA) is 86.9 Å². The fraction of sp³-hybridized carbons (Fsp3) is 0.414. The molecule has 2 amide bonds. The van der Waals surface area contributed by atoms with Gasteiger partial charge in [-0.05, 0) is 55.7 Å². The molecule has 1 aromatic carbocycles. The second kappa shape index (κ2) is 10.1. The average Bonchev–Trinajstić information content (AvgIpc) is 3.64. The van der Waals surface area contributed by atoms with Crippen molar-refractivity contribution in [3.05, 3.63) is 64.6 Å². The summed E-state index contributed by atoms with van der Waals surface area (Å²) >= 11 is 12.6. The number of aromatic amines is 1. The maximum absolute atomic E-state index is 13.0. The molecule has 3 N–H and O–H groups in total. The van der Waals surface area contributed by atoms with Crippen molar-refractivity contribution in [2.45, 2.75) is 56.2 Å². The van der Waals surface area contributed by atoms with Gasteiger partial charge in [-0.1, -0.05) is 49.4 Å². The quantitative estimate of drug-likeness (QED) is 0.302. The van der Waals surface area contributed by atoms with Crippen LogP contribution in [0.3, 0.4) is 0 Å². The first kappa shape index (κ1) is 24.5. The minimum absolute atomic E-state index is 0.115. The molecule has 0 spiro atoms. The zero-order chi connectivity index (χ0) is 25.5. The maximum Gasteiger partial charge on any atom is 0.234 e. The summed E-state index contributed by atoms with van der Waals surface area (Å²) in [5, 5.41) is 6.14. The third-order valence-corrected chi connectivity index (χ3v) is 8.74. The Kier molecular flexibility index (Phi) is 6.72. The van der Waals surface area contributed by atoms with E-state index in [0.29, 0.717) is 11.0 Å². The molecule has 2 saturated carbocycles. The Balaban J connectivity index is 1.14. The van der Waals surface area contributed by atoms with Crippen LogP contribution in [0.5, 0.6) is 0 Å². The molecule has 192 valence electrons. The smallest absolute Gasteiger partial charge is 0.234 e. The van der Waals surface area contributed by atoms with Crippen molar-refractivity contribution < 1.29 is 9.59 Å². The number of nitrogens with zero attached hydrogens (tertiary/aromatic N) is 1. The predicted molar refractivity (Wildman–Crippen MR) is 147 cm³/mol. The number of fused-ring (bicyclic) bond motifs is 3. The van der Waals surface area contributed by atoms with E-state index in [9.17, 15) is 9.59 Å². The highest BCUT2D eigenvalue weighted by Gasteiger charge is 2.47. The molecule has 6 rings (SSSR count). The fourth-order valence-corrected chi connectivity index (χ4v) is 6.48. The van der Waals surface area contributed by atoms with Gasteiger partial charge >= 0.3 is 0 Å². The zero-order valence-electron chi connectivity index (χ0n) is 20.5. The summed E-state index contributed by atoms with van der Waals surface area (Å²) in [6, 6.07) is 7.83. The summed E-state index contributed by atoms with van der Waals surface area (Å²) in [5.74, 6) is 0.825. The van der Waals surface area contributed by atoms with Crippen LogP contribution in [0.1, 0.15) is 62.3 Å². The number of hydrogen-bond donors (Lipinski definition) is 3. The minimum Gasteiger partial charge on any atom is -0.341 e. The van der Waals surface area contributed by atoms with E-state index in [2.05, 4.69) is 15.6 Å². The molecule has 6 nitrogen and oxygen atoms in total.